The van der Waals surface area contributed by atoms with E-state index in [1.54, 1.807) is 27.0 Å². The zero-order valence-electron chi connectivity index (χ0n) is 47.9. The Morgan fingerprint density at radius 3 is 1.25 bits per heavy atom. The standard InChI is InChI=1S/C19H11F4N3O3.C12H9F2N3O2.C10H16BN3O2.C8H5BrF2O2.C7H3ClF2O.CH2Cl2/c1-9-5-14-15(29-19(22,23)28-14)6-10(9)13-7-25-16(8-24-13)26-18(27)17-11(20)3-2-4-12(17)21;1-6-2-9-10(19-12(13,14)18-9)3-7(6)8-4-17-11(15)5-16-8;1-9(2)10(3,4)16-11(15-9)7-5-14-8(12)6-13-7;1-4-2-6-7(3-5(4)9)13-8(10,11)12-6;8-7(11)6-4(9)2-1-3-5(6)10;2-1-3/h2-8H,1H3,(H,25,26,27);2-5H,1H3,(H2,15,17);5-6H,1-4H3,(H2,12,14);2-3H,1H3;1-3H;1H2. The molecule has 7 heterocycles. The third-order valence-corrected chi connectivity index (χ3v) is 13.9. The van der Waals surface area contributed by atoms with Crippen molar-refractivity contribution in [3.05, 3.63) is 166 Å². The van der Waals surface area contributed by atoms with E-state index in [1.165, 1.54) is 67.4 Å². The zero-order valence-corrected chi connectivity index (χ0v) is 51.7. The number of halogens is 14. The molecule has 0 saturated carbocycles. The van der Waals surface area contributed by atoms with Crippen molar-refractivity contribution < 1.29 is 91.2 Å². The van der Waals surface area contributed by atoms with E-state index < -0.39 is 71.5 Å². The molecule has 8 aromatic rings. The van der Waals surface area contributed by atoms with Crippen LogP contribution in [0.25, 0.3) is 22.5 Å². The van der Waals surface area contributed by atoms with Crippen molar-refractivity contribution in [2.75, 3.05) is 22.1 Å². The van der Waals surface area contributed by atoms with Gasteiger partial charge in [-0.05, 0) is 137 Å². The van der Waals surface area contributed by atoms with E-state index in [-0.39, 0.29) is 62.7 Å². The van der Waals surface area contributed by atoms with Crippen molar-refractivity contribution in [1.82, 2.24) is 29.9 Å². The van der Waals surface area contributed by atoms with Crippen LogP contribution in [0, 0.1) is 44.0 Å². The van der Waals surface area contributed by atoms with Gasteiger partial charge in [-0.1, -0.05) is 28.1 Å². The number of benzene rings is 5. The molecule has 91 heavy (non-hydrogen) atoms. The maximum Gasteiger partial charge on any atom is 0.586 e. The summed E-state index contributed by atoms with van der Waals surface area (Å²) in [7, 11) is -0.474. The number of aryl methyl sites for hydroxylation is 3. The Kier molecular flexibility index (Phi) is 21.8. The maximum atomic E-state index is 13.7. The first-order chi connectivity index (χ1) is 42.5. The van der Waals surface area contributed by atoms with Crippen LogP contribution in [0.1, 0.15) is 65.1 Å². The SMILES string of the molecule is CC1(C)OB(c2cnc(N)cn2)OC1(C)C.Cc1cc2c(cc1-c1cnc(N)cn1)OC(F)(F)O2.Cc1cc2c(cc1-c1cnc(NC(=O)c3c(F)cccc3F)cn1)OC(F)(F)O2.Cc1cc2c(cc1Br)OC(F)(F)O2.ClCCl.O=C(Cl)c1c(F)cccc1F. The van der Waals surface area contributed by atoms with Crippen LogP contribution in [-0.2, 0) is 9.31 Å². The lowest BCUT2D eigenvalue weighted by atomic mass is 9.85. The summed E-state index contributed by atoms with van der Waals surface area (Å²) in [6.07, 6.45) is -2.50. The molecule has 34 heteroatoms. The molecule has 1 amide bonds. The quantitative estimate of drug-likeness (QED) is 0.0606. The molecule has 0 atom stereocenters. The fourth-order valence-electron chi connectivity index (χ4n) is 7.84. The average molecular weight is 1400 g/mol. The molecule has 3 aromatic heterocycles. The first-order valence-electron chi connectivity index (χ1n) is 25.7. The largest absolute Gasteiger partial charge is 0.586 e. The van der Waals surface area contributed by atoms with Crippen molar-refractivity contribution in [3.63, 3.8) is 0 Å². The number of amides is 1. The minimum Gasteiger partial charge on any atom is -0.398 e. The lowest BCUT2D eigenvalue weighted by Gasteiger charge is -2.32. The number of carbonyl (C=O) groups is 2. The van der Waals surface area contributed by atoms with Crippen molar-refractivity contribution in [1.29, 1.82) is 0 Å². The molecule has 0 unspecified atom stereocenters. The van der Waals surface area contributed by atoms with Gasteiger partial charge < -0.3 is 54.5 Å². The molecule has 0 radical (unpaired) electrons. The van der Waals surface area contributed by atoms with Gasteiger partial charge in [0.25, 0.3) is 11.1 Å². The summed E-state index contributed by atoms with van der Waals surface area (Å²) < 4.78 is 168. The van der Waals surface area contributed by atoms with Gasteiger partial charge in [-0.15, -0.1) is 49.5 Å². The Bertz CT molecular complexity index is 3890. The van der Waals surface area contributed by atoms with Gasteiger partial charge in [-0.2, -0.15) is 0 Å². The summed E-state index contributed by atoms with van der Waals surface area (Å²) in [5.41, 5.74) is 13.4. The lowest BCUT2D eigenvalue weighted by molar-refractivity contribution is -0.287. The molecule has 1 fully saturated rings. The van der Waals surface area contributed by atoms with Gasteiger partial charge in [0.05, 0.1) is 64.5 Å². The molecular formula is C57H46BBrCl3F10N9O10. The predicted molar refractivity (Wildman–Crippen MR) is 316 cm³/mol. The van der Waals surface area contributed by atoms with Crippen LogP contribution in [0.5, 0.6) is 34.5 Å². The Hall–Kier alpha value is -8.49. The molecule has 19 nitrogen and oxygen atoms in total. The number of nitrogen functional groups attached to an aromatic ring is 2. The minimum atomic E-state index is -3.74. The van der Waals surface area contributed by atoms with Crippen LogP contribution in [-0.4, -0.2) is 83.6 Å². The average Bonchev–Trinajstić information content (AvgIpc) is 1.70. The van der Waals surface area contributed by atoms with E-state index in [9.17, 15) is 53.5 Å². The molecule has 0 bridgehead atoms. The van der Waals surface area contributed by atoms with Crippen molar-refractivity contribution in [2.45, 2.75) is 78.6 Å². The molecule has 4 aliphatic heterocycles. The fourth-order valence-corrected chi connectivity index (χ4v) is 8.35. The van der Waals surface area contributed by atoms with E-state index in [0.717, 1.165) is 47.5 Å². The summed E-state index contributed by atoms with van der Waals surface area (Å²) in [6, 6.07) is 14.8. The monoisotopic (exact) mass is 1400 g/mol. The Labute approximate surface area is 533 Å². The summed E-state index contributed by atoms with van der Waals surface area (Å²) >= 11 is 17.6. The molecule has 1 saturated heterocycles. The number of ether oxygens (including phenoxy) is 6. The molecule has 480 valence electrons. The first kappa shape index (κ1) is 70.0. The first-order valence-corrected chi connectivity index (χ1v) is 28.0. The molecule has 5 N–H and O–H groups in total. The Balaban J connectivity index is 0.000000167. The highest BCUT2D eigenvalue weighted by Crippen LogP contribution is 2.47. The summed E-state index contributed by atoms with van der Waals surface area (Å²) in [6.45, 7) is 13.2. The van der Waals surface area contributed by atoms with E-state index in [4.69, 9.17) is 55.6 Å². The fraction of sp³-hybridized carbons (Fsp3) is 0.228. The highest BCUT2D eigenvalue weighted by Gasteiger charge is 2.53. The second-order valence-corrected chi connectivity index (χ2v) is 21.9. The van der Waals surface area contributed by atoms with Gasteiger partial charge in [-0.3, -0.25) is 24.5 Å². The molecule has 12 rings (SSSR count). The second kappa shape index (κ2) is 28.4. The van der Waals surface area contributed by atoms with Gasteiger partial charge in [0.2, 0.25) is 0 Å². The number of nitrogens with two attached hydrogens (primary N) is 2. The van der Waals surface area contributed by atoms with Gasteiger partial charge in [0.1, 0.15) is 46.0 Å². The highest BCUT2D eigenvalue weighted by molar-refractivity contribution is 9.10. The molecule has 5 aromatic carbocycles. The third-order valence-electron chi connectivity index (χ3n) is 12.8. The van der Waals surface area contributed by atoms with Crippen molar-refractivity contribution in [3.8, 4) is 57.0 Å². The molecular weight excluding hydrogens is 1360 g/mol. The van der Waals surface area contributed by atoms with E-state index in [2.05, 4.69) is 79.6 Å². The number of alkyl halides is 8. The van der Waals surface area contributed by atoms with Gasteiger partial charge >= 0.3 is 26.0 Å². The number of nitrogens with zero attached hydrogens (tertiary/aromatic N) is 6. The molecule has 0 spiro atoms. The van der Waals surface area contributed by atoms with E-state index in [0.29, 0.717) is 44.0 Å². The zero-order chi connectivity index (χ0) is 67.1. The summed E-state index contributed by atoms with van der Waals surface area (Å²) in [5.74, 6) is -4.43. The summed E-state index contributed by atoms with van der Waals surface area (Å²) in [4.78, 5) is 46.7. The number of carbonyl (C=O) groups excluding carboxylic acids is 2. The number of rotatable bonds is 6. The van der Waals surface area contributed by atoms with Crippen LogP contribution in [0.4, 0.5) is 61.4 Å². The second-order valence-electron chi connectivity index (χ2n) is 19.9. The number of fused-ring (bicyclic) bond motifs is 3. The molecule has 4 aliphatic rings. The number of hydrogen-bond donors (Lipinski definition) is 3. The normalized spacial score (nSPS) is 15.5. The number of anilines is 3. The van der Waals surface area contributed by atoms with Crippen LogP contribution >= 0.6 is 50.7 Å². The van der Waals surface area contributed by atoms with E-state index >= 15 is 0 Å². The number of aromatic nitrogens is 6. The van der Waals surface area contributed by atoms with Crippen LogP contribution in [0.3, 0.4) is 0 Å². The molecule has 0 aliphatic carbocycles. The Morgan fingerprint density at radius 2 is 0.890 bits per heavy atom. The number of hydrogen-bond acceptors (Lipinski definition) is 18. The smallest absolute Gasteiger partial charge is 0.398 e. The van der Waals surface area contributed by atoms with Crippen LogP contribution < -0.4 is 50.8 Å². The maximum absolute atomic E-state index is 13.7. The minimum absolute atomic E-state index is 0.00894. The highest BCUT2D eigenvalue weighted by atomic mass is 79.9. The van der Waals surface area contributed by atoms with Crippen LogP contribution in [0.15, 0.2) is 114 Å². The van der Waals surface area contributed by atoms with E-state index in [1.807, 2.05) is 27.7 Å². The van der Waals surface area contributed by atoms with Crippen LogP contribution in [0.2, 0.25) is 0 Å². The number of nitrogens with one attached hydrogen (secondary N) is 1. The van der Waals surface area contributed by atoms with Crippen molar-refractivity contribution >= 4 is 92.0 Å². The predicted octanol–water partition coefficient (Wildman–Crippen LogP) is 13.9. The van der Waals surface area contributed by atoms with Gasteiger partial charge in [0.15, 0.2) is 40.3 Å². The Morgan fingerprint density at radius 1 is 0.527 bits per heavy atom. The topological polar surface area (TPSA) is 249 Å². The van der Waals surface area contributed by atoms with Gasteiger partial charge in [0, 0.05) is 21.8 Å². The lowest BCUT2D eigenvalue weighted by Crippen LogP contribution is -2.41. The van der Waals surface area contributed by atoms with Crippen molar-refractivity contribution in [2.24, 2.45) is 0 Å². The third kappa shape index (κ3) is 17.7. The summed E-state index contributed by atoms with van der Waals surface area (Å²) in [5, 5.41) is 1.32. The van der Waals surface area contributed by atoms with Gasteiger partial charge in [-0.25, -0.2) is 32.5 Å².